The highest BCUT2D eigenvalue weighted by Crippen LogP contribution is 2.20. The van der Waals surface area contributed by atoms with Gasteiger partial charge in [-0.3, -0.25) is 14.9 Å². The van der Waals surface area contributed by atoms with Crippen LogP contribution in [0, 0.1) is 10.1 Å². The first kappa shape index (κ1) is 17.2. The van der Waals surface area contributed by atoms with E-state index < -0.39 is 10.8 Å². The molecule has 0 fully saturated rings. The van der Waals surface area contributed by atoms with E-state index in [4.69, 9.17) is 0 Å². The number of carbonyl (C=O) groups excluding carboxylic acids is 1. The summed E-state index contributed by atoms with van der Waals surface area (Å²) in [6, 6.07) is 1.41. The standard InChI is InChI=1S/C13H20N4O3S/c1-4-9(8-21-3)16-13(18)10-6-12(14-5-2)15-7-11(10)17(19)20/h6-7,9H,4-5,8H2,1-3H3,(H,14,15)(H,16,18). The third-order valence-electron chi connectivity index (χ3n) is 2.88. The van der Waals surface area contributed by atoms with E-state index >= 15 is 0 Å². The number of anilines is 1. The van der Waals surface area contributed by atoms with Gasteiger partial charge in [0.25, 0.3) is 11.6 Å². The molecule has 116 valence electrons. The first-order chi connectivity index (χ1) is 10.0. The van der Waals surface area contributed by atoms with Crippen LogP contribution in [0.3, 0.4) is 0 Å². The average molecular weight is 312 g/mol. The molecular weight excluding hydrogens is 292 g/mol. The van der Waals surface area contributed by atoms with E-state index in [1.165, 1.54) is 6.07 Å². The van der Waals surface area contributed by atoms with Crippen LogP contribution in [0.5, 0.6) is 0 Å². The second-order valence-corrected chi connectivity index (χ2v) is 5.32. The van der Waals surface area contributed by atoms with Crippen molar-refractivity contribution in [2.75, 3.05) is 23.9 Å². The molecule has 1 aromatic heterocycles. The minimum absolute atomic E-state index is 0.0112. The lowest BCUT2D eigenvalue weighted by molar-refractivity contribution is -0.385. The molecule has 1 rings (SSSR count). The van der Waals surface area contributed by atoms with Gasteiger partial charge in [-0.2, -0.15) is 11.8 Å². The third kappa shape index (κ3) is 4.89. The Labute approximate surface area is 128 Å². The number of thioether (sulfide) groups is 1. The molecule has 0 aliphatic carbocycles. The van der Waals surface area contributed by atoms with E-state index in [0.29, 0.717) is 12.4 Å². The molecule has 0 aliphatic rings. The van der Waals surface area contributed by atoms with Crippen molar-refractivity contribution in [1.29, 1.82) is 0 Å². The zero-order chi connectivity index (χ0) is 15.8. The van der Waals surface area contributed by atoms with Gasteiger partial charge >= 0.3 is 0 Å². The van der Waals surface area contributed by atoms with Crippen molar-refractivity contribution in [2.24, 2.45) is 0 Å². The molecule has 0 aliphatic heterocycles. The summed E-state index contributed by atoms with van der Waals surface area (Å²) >= 11 is 1.62. The van der Waals surface area contributed by atoms with E-state index in [-0.39, 0.29) is 17.3 Å². The number of hydrogen-bond acceptors (Lipinski definition) is 6. The Balaban J connectivity index is 3.04. The zero-order valence-corrected chi connectivity index (χ0v) is 13.2. The van der Waals surface area contributed by atoms with Crippen molar-refractivity contribution in [3.05, 3.63) is 27.9 Å². The van der Waals surface area contributed by atoms with Gasteiger partial charge in [0.15, 0.2) is 0 Å². The van der Waals surface area contributed by atoms with Crippen molar-refractivity contribution in [3.8, 4) is 0 Å². The lowest BCUT2D eigenvalue weighted by atomic mass is 10.1. The molecular formula is C13H20N4O3S. The van der Waals surface area contributed by atoms with Gasteiger partial charge in [-0.05, 0) is 19.6 Å². The molecule has 1 unspecified atom stereocenters. The molecule has 0 saturated heterocycles. The fourth-order valence-corrected chi connectivity index (χ4v) is 2.50. The Morgan fingerprint density at radius 2 is 2.24 bits per heavy atom. The maximum atomic E-state index is 12.3. The van der Waals surface area contributed by atoms with E-state index in [1.807, 2.05) is 20.1 Å². The summed E-state index contributed by atoms with van der Waals surface area (Å²) in [5.74, 6) is 0.775. The summed E-state index contributed by atoms with van der Waals surface area (Å²) in [7, 11) is 0. The van der Waals surface area contributed by atoms with Crippen LogP contribution in [0.4, 0.5) is 11.5 Å². The Morgan fingerprint density at radius 1 is 1.52 bits per heavy atom. The van der Waals surface area contributed by atoms with Gasteiger partial charge < -0.3 is 10.6 Å². The van der Waals surface area contributed by atoms with Crippen molar-refractivity contribution in [1.82, 2.24) is 10.3 Å². The minimum atomic E-state index is -0.590. The highest BCUT2D eigenvalue weighted by Gasteiger charge is 2.23. The van der Waals surface area contributed by atoms with E-state index in [1.54, 1.807) is 11.8 Å². The highest BCUT2D eigenvalue weighted by molar-refractivity contribution is 7.98. The number of pyridine rings is 1. The monoisotopic (exact) mass is 312 g/mol. The molecule has 2 N–H and O–H groups in total. The topological polar surface area (TPSA) is 97.2 Å². The molecule has 1 heterocycles. The second-order valence-electron chi connectivity index (χ2n) is 4.41. The van der Waals surface area contributed by atoms with Gasteiger partial charge in [-0.25, -0.2) is 4.98 Å². The third-order valence-corrected chi connectivity index (χ3v) is 3.61. The van der Waals surface area contributed by atoms with Crippen LogP contribution in [0.1, 0.15) is 30.6 Å². The van der Waals surface area contributed by atoms with E-state index in [9.17, 15) is 14.9 Å². The number of aromatic nitrogens is 1. The number of nitrogens with zero attached hydrogens (tertiary/aromatic N) is 2. The van der Waals surface area contributed by atoms with Gasteiger partial charge in [0.05, 0.1) is 4.92 Å². The van der Waals surface area contributed by atoms with Crippen LogP contribution < -0.4 is 10.6 Å². The summed E-state index contributed by atoms with van der Waals surface area (Å²) in [6.07, 6.45) is 3.83. The molecule has 8 heteroatoms. The molecule has 0 aromatic carbocycles. The maximum absolute atomic E-state index is 12.3. The maximum Gasteiger partial charge on any atom is 0.300 e. The summed E-state index contributed by atoms with van der Waals surface area (Å²) in [5, 5.41) is 16.8. The number of rotatable bonds is 8. The molecule has 1 amide bonds. The smallest absolute Gasteiger partial charge is 0.300 e. The predicted octanol–water partition coefficient (Wildman–Crippen LogP) is 2.29. The van der Waals surface area contributed by atoms with Crippen LogP contribution in [-0.2, 0) is 0 Å². The van der Waals surface area contributed by atoms with Crippen LogP contribution in [0.25, 0.3) is 0 Å². The quantitative estimate of drug-likeness (QED) is 0.564. The lowest BCUT2D eigenvalue weighted by Crippen LogP contribution is -2.36. The van der Waals surface area contributed by atoms with Crippen LogP contribution in [0.2, 0.25) is 0 Å². The first-order valence-electron chi connectivity index (χ1n) is 6.71. The van der Waals surface area contributed by atoms with Crippen molar-refractivity contribution < 1.29 is 9.72 Å². The largest absolute Gasteiger partial charge is 0.370 e. The van der Waals surface area contributed by atoms with Crippen LogP contribution in [-0.4, -0.2) is 40.4 Å². The summed E-state index contributed by atoms with van der Waals surface area (Å²) in [5.41, 5.74) is -0.251. The van der Waals surface area contributed by atoms with Crippen molar-refractivity contribution in [2.45, 2.75) is 26.3 Å². The van der Waals surface area contributed by atoms with Crippen LogP contribution >= 0.6 is 11.8 Å². The number of hydrogen-bond donors (Lipinski definition) is 2. The zero-order valence-electron chi connectivity index (χ0n) is 12.4. The summed E-state index contributed by atoms with van der Waals surface area (Å²) < 4.78 is 0. The molecule has 7 nitrogen and oxygen atoms in total. The van der Waals surface area contributed by atoms with Gasteiger partial charge in [-0.1, -0.05) is 6.92 Å². The molecule has 0 spiro atoms. The SMILES string of the molecule is CCNc1cc(C(=O)NC(CC)CSC)c([N+](=O)[O-])cn1. The fraction of sp³-hybridized carbons (Fsp3) is 0.538. The fourth-order valence-electron chi connectivity index (χ4n) is 1.78. The Morgan fingerprint density at radius 3 is 2.76 bits per heavy atom. The van der Waals surface area contributed by atoms with Crippen molar-refractivity contribution >= 4 is 29.2 Å². The predicted molar refractivity (Wildman–Crippen MR) is 85.0 cm³/mol. The Hall–Kier alpha value is -1.83. The summed E-state index contributed by atoms with van der Waals surface area (Å²) in [4.78, 5) is 26.7. The van der Waals surface area contributed by atoms with E-state index in [2.05, 4.69) is 15.6 Å². The van der Waals surface area contributed by atoms with Gasteiger partial charge in [0.2, 0.25) is 0 Å². The number of nitro groups is 1. The normalized spacial score (nSPS) is 11.8. The highest BCUT2D eigenvalue weighted by atomic mass is 32.2. The van der Waals surface area contributed by atoms with Gasteiger partial charge in [0, 0.05) is 24.4 Å². The van der Waals surface area contributed by atoms with Gasteiger partial charge in [0.1, 0.15) is 17.6 Å². The van der Waals surface area contributed by atoms with Gasteiger partial charge in [-0.15, -0.1) is 0 Å². The van der Waals surface area contributed by atoms with Crippen LogP contribution in [0.15, 0.2) is 12.3 Å². The van der Waals surface area contributed by atoms with Crippen molar-refractivity contribution in [3.63, 3.8) is 0 Å². The number of carbonyl (C=O) groups is 1. The Bertz CT molecular complexity index is 510. The number of amides is 1. The second kappa shape index (κ2) is 8.46. The molecule has 0 bridgehead atoms. The Kier molecular flexibility index (Phi) is 6.93. The molecule has 1 aromatic rings. The number of nitrogens with one attached hydrogen (secondary N) is 2. The molecule has 1 atom stereocenters. The van der Waals surface area contributed by atoms with E-state index in [0.717, 1.165) is 18.4 Å². The minimum Gasteiger partial charge on any atom is -0.370 e. The average Bonchev–Trinajstić information content (AvgIpc) is 2.46. The molecule has 0 radical (unpaired) electrons. The first-order valence-corrected chi connectivity index (χ1v) is 8.10. The summed E-state index contributed by atoms with van der Waals surface area (Å²) in [6.45, 7) is 4.47. The molecule has 0 saturated carbocycles. The lowest BCUT2D eigenvalue weighted by Gasteiger charge is -2.16. The molecule has 21 heavy (non-hydrogen) atoms.